The zero-order valence-corrected chi connectivity index (χ0v) is 9.87. The molecule has 96 valence electrons. The number of nitrogen functional groups attached to an aromatic ring is 1. The summed E-state index contributed by atoms with van der Waals surface area (Å²) in [5.74, 6) is -1.14. The third kappa shape index (κ3) is 2.58. The van der Waals surface area contributed by atoms with Crippen LogP contribution in [-0.2, 0) is 16.0 Å². The Morgan fingerprint density at radius 2 is 2.28 bits per heavy atom. The first-order chi connectivity index (χ1) is 8.58. The second kappa shape index (κ2) is 5.03. The van der Waals surface area contributed by atoms with Crippen LogP contribution in [0.25, 0.3) is 0 Å². The Morgan fingerprint density at radius 3 is 2.89 bits per heavy atom. The quantitative estimate of drug-likeness (QED) is 0.802. The first-order valence-corrected chi connectivity index (χ1v) is 5.80. The monoisotopic (exact) mass is 249 g/mol. The normalized spacial score (nSPS) is 18.9. The minimum Gasteiger partial charge on any atom is -0.480 e. The van der Waals surface area contributed by atoms with Gasteiger partial charge in [-0.2, -0.15) is 0 Å². The maximum absolute atomic E-state index is 12.0. The lowest BCUT2D eigenvalue weighted by molar-refractivity contribution is -0.148. The molecule has 1 aliphatic heterocycles. The topological polar surface area (TPSA) is 96.5 Å². The van der Waals surface area contributed by atoms with E-state index in [1.807, 2.05) is 0 Å². The summed E-state index contributed by atoms with van der Waals surface area (Å²) >= 11 is 0. The maximum Gasteiger partial charge on any atom is 0.326 e. The van der Waals surface area contributed by atoms with Crippen LogP contribution in [-0.4, -0.2) is 39.5 Å². The van der Waals surface area contributed by atoms with Crippen LogP contribution >= 0.6 is 0 Å². The summed E-state index contributed by atoms with van der Waals surface area (Å²) < 4.78 is 0. The highest BCUT2D eigenvalue weighted by Gasteiger charge is 2.33. The lowest BCUT2D eigenvalue weighted by atomic mass is 10.2. The highest BCUT2D eigenvalue weighted by atomic mass is 16.4. The van der Waals surface area contributed by atoms with Gasteiger partial charge in [-0.1, -0.05) is 0 Å². The molecule has 0 saturated carbocycles. The predicted octanol–water partition coefficient (Wildman–Crippen LogP) is 0.282. The first kappa shape index (κ1) is 12.3. The summed E-state index contributed by atoms with van der Waals surface area (Å²) in [6, 6.07) is 2.67. The van der Waals surface area contributed by atoms with E-state index < -0.39 is 12.0 Å². The van der Waals surface area contributed by atoms with E-state index in [1.165, 1.54) is 11.1 Å². The number of hydrogen-bond acceptors (Lipinski definition) is 4. The number of aromatic nitrogens is 1. The van der Waals surface area contributed by atoms with E-state index >= 15 is 0 Å². The molecule has 0 unspecified atom stereocenters. The van der Waals surface area contributed by atoms with Crippen LogP contribution in [0.3, 0.4) is 0 Å². The molecule has 1 atom stereocenters. The standard InChI is InChI=1S/C12H15N3O3/c13-8-3-4-9(14-7-8)6-11(16)15-5-1-2-10(15)12(17)18/h3-4,7,10H,1-2,5-6,13H2,(H,17,18)/t10-/m1/s1. The molecule has 6 heteroatoms. The van der Waals surface area contributed by atoms with Crippen molar-refractivity contribution in [3.8, 4) is 0 Å². The SMILES string of the molecule is Nc1ccc(CC(=O)N2CCC[C@@H]2C(=O)O)nc1. The van der Waals surface area contributed by atoms with Crippen molar-refractivity contribution < 1.29 is 14.7 Å². The predicted molar refractivity (Wildman–Crippen MR) is 64.7 cm³/mol. The average Bonchev–Trinajstić information content (AvgIpc) is 2.81. The van der Waals surface area contributed by atoms with Crippen LogP contribution in [0, 0.1) is 0 Å². The number of carboxylic acids is 1. The molecule has 2 heterocycles. The number of carbonyl (C=O) groups is 2. The van der Waals surface area contributed by atoms with Gasteiger partial charge in [0, 0.05) is 12.2 Å². The Morgan fingerprint density at radius 1 is 1.50 bits per heavy atom. The summed E-state index contributed by atoms with van der Waals surface area (Å²) in [4.78, 5) is 28.4. The maximum atomic E-state index is 12.0. The molecule has 0 radical (unpaired) electrons. The Hall–Kier alpha value is -2.11. The van der Waals surface area contributed by atoms with Crippen molar-refractivity contribution in [1.82, 2.24) is 9.88 Å². The fourth-order valence-electron chi connectivity index (χ4n) is 2.12. The van der Waals surface area contributed by atoms with Crippen molar-refractivity contribution in [3.63, 3.8) is 0 Å². The fourth-order valence-corrected chi connectivity index (χ4v) is 2.12. The number of likely N-dealkylation sites (tertiary alicyclic amines) is 1. The first-order valence-electron chi connectivity index (χ1n) is 5.80. The molecule has 2 rings (SSSR count). The molecule has 1 aromatic rings. The molecule has 0 aromatic carbocycles. The summed E-state index contributed by atoms with van der Waals surface area (Å²) in [5.41, 5.74) is 6.65. The Balaban J connectivity index is 2.03. The van der Waals surface area contributed by atoms with Crippen molar-refractivity contribution in [2.75, 3.05) is 12.3 Å². The minimum atomic E-state index is -0.939. The van der Waals surface area contributed by atoms with Gasteiger partial charge in [0.25, 0.3) is 0 Å². The summed E-state index contributed by atoms with van der Waals surface area (Å²) in [6.07, 6.45) is 2.86. The van der Waals surface area contributed by atoms with Gasteiger partial charge in [0.05, 0.1) is 18.3 Å². The summed E-state index contributed by atoms with van der Waals surface area (Å²) in [5, 5.41) is 9.01. The van der Waals surface area contributed by atoms with Crippen LogP contribution in [0.4, 0.5) is 5.69 Å². The number of rotatable bonds is 3. The molecule has 0 spiro atoms. The number of amides is 1. The van der Waals surface area contributed by atoms with E-state index in [9.17, 15) is 9.59 Å². The third-order valence-corrected chi connectivity index (χ3v) is 3.04. The molecule has 1 fully saturated rings. The van der Waals surface area contributed by atoms with Crippen molar-refractivity contribution in [2.45, 2.75) is 25.3 Å². The molecule has 1 aromatic heterocycles. The van der Waals surface area contributed by atoms with Crippen molar-refractivity contribution in [2.24, 2.45) is 0 Å². The van der Waals surface area contributed by atoms with Gasteiger partial charge in [-0.3, -0.25) is 9.78 Å². The molecule has 0 aliphatic carbocycles. The Bertz CT molecular complexity index is 458. The average molecular weight is 249 g/mol. The molecular formula is C12H15N3O3. The molecule has 0 bridgehead atoms. The third-order valence-electron chi connectivity index (χ3n) is 3.04. The van der Waals surface area contributed by atoms with Crippen LogP contribution in [0.2, 0.25) is 0 Å². The lowest BCUT2D eigenvalue weighted by Gasteiger charge is -2.21. The number of anilines is 1. The second-order valence-electron chi connectivity index (χ2n) is 4.34. The largest absolute Gasteiger partial charge is 0.480 e. The zero-order valence-electron chi connectivity index (χ0n) is 9.87. The van der Waals surface area contributed by atoms with E-state index in [4.69, 9.17) is 10.8 Å². The van der Waals surface area contributed by atoms with Gasteiger partial charge in [0.2, 0.25) is 5.91 Å². The highest BCUT2D eigenvalue weighted by Crippen LogP contribution is 2.18. The van der Waals surface area contributed by atoms with Gasteiger partial charge in [-0.25, -0.2) is 4.79 Å². The van der Waals surface area contributed by atoms with Gasteiger partial charge < -0.3 is 15.7 Å². The number of nitrogens with zero attached hydrogens (tertiary/aromatic N) is 2. The Kier molecular flexibility index (Phi) is 3.45. The van der Waals surface area contributed by atoms with Gasteiger partial charge in [-0.05, 0) is 25.0 Å². The van der Waals surface area contributed by atoms with E-state index in [2.05, 4.69) is 4.98 Å². The van der Waals surface area contributed by atoms with E-state index in [0.717, 1.165) is 6.42 Å². The number of carbonyl (C=O) groups excluding carboxylic acids is 1. The van der Waals surface area contributed by atoms with E-state index in [-0.39, 0.29) is 12.3 Å². The van der Waals surface area contributed by atoms with E-state index in [1.54, 1.807) is 12.1 Å². The van der Waals surface area contributed by atoms with Gasteiger partial charge in [0.15, 0.2) is 0 Å². The molecule has 6 nitrogen and oxygen atoms in total. The second-order valence-corrected chi connectivity index (χ2v) is 4.34. The van der Waals surface area contributed by atoms with E-state index in [0.29, 0.717) is 24.3 Å². The zero-order chi connectivity index (χ0) is 13.1. The number of carboxylic acid groups (broad SMARTS) is 1. The fraction of sp³-hybridized carbons (Fsp3) is 0.417. The molecule has 1 aliphatic rings. The smallest absolute Gasteiger partial charge is 0.326 e. The molecule has 3 N–H and O–H groups in total. The molecular weight excluding hydrogens is 234 g/mol. The lowest BCUT2D eigenvalue weighted by Crippen LogP contribution is -2.41. The van der Waals surface area contributed by atoms with Crippen LogP contribution in [0.15, 0.2) is 18.3 Å². The van der Waals surface area contributed by atoms with Crippen LogP contribution in [0.1, 0.15) is 18.5 Å². The summed E-state index contributed by atoms with van der Waals surface area (Å²) in [7, 11) is 0. The van der Waals surface area contributed by atoms with Crippen LogP contribution < -0.4 is 5.73 Å². The summed E-state index contributed by atoms with van der Waals surface area (Å²) in [6.45, 7) is 0.505. The van der Waals surface area contributed by atoms with Crippen molar-refractivity contribution in [3.05, 3.63) is 24.0 Å². The van der Waals surface area contributed by atoms with Crippen molar-refractivity contribution in [1.29, 1.82) is 0 Å². The molecule has 1 saturated heterocycles. The van der Waals surface area contributed by atoms with Gasteiger partial charge in [-0.15, -0.1) is 0 Å². The number of nitrogens with two attached hydrogens (primary N) is 1. The van der Waals surface area contributed by atoms with Gasteiger partial charge >= 0.3 is 5.97 Å². The molecule has 1 amide bonds. The number of hydrogen-bond donors (Lipinski definition) is 2. The highest BCUT2D eigenvalue weighted by molar-refractivity contribution is 5.85. The number of pyridine rings is 1. The van der Waals surface area contributed by atoms with Gasteiger partial charge in [0.1, 0.15) is 6.04 Å². The van der Waals surface area contributed by atoms with Crippen LogP contribution in [0.5, 0.6) is 0 Å². The van der Waals surface area contributed by atoms with Crippen molar-refractivity contribution >= 4 is 17.6 Å². The minimum absolute atomic E-state index is 0.115. The molecule has 18 heavy (non-hydrogen) atoms. The number of aliphatic carboxylic acids is 1. The Labute approximate surface area is 104 Å².